The fraction of sp³-hybridized carbons (Fsp3) is 0.444. The van der Waals surface area contributed by atoms with Gasteiger partial charge in [-0.15, -0.1) is 0 Å². The zero-order valence-corrected chi connectivity index (χ0v) is 14.0. The minimum Gasteiger partial charge on any atom is -0.492 e. The minimum absolute atomic E-state index is 0.539. The maximum atomic E-state index is 5.90. The van der Waals surface area contributed by atoms with Gasteiger partial charge in [-0.2, -0.15) is 11.3 Å². The van der Waals surface area contributed by atoms with Crippen LogP contribution in [0.5, 0.6) is 5.75 Å². The second-order valence-electron chi connectivity index (χ2n) is 5.66. The Morgan fingerprint density at radius 3 is 2.76 bits per heavy atom. The van der Waals surface area contributed by atoms with Crippen LogP contribution in [0.25, 0.3) is 0 Å². The molecule has 1 heterocycles. The minimum atomic E-state index is 0.539. The molecule has 2 aromatic rings. The van der Waals surface area contributed by atoms with Crippen molar-refractivity contribution in [2.24, 2.45) is 0 Å². The Bertz CT molecular complexity index is 534. The van der Waals surface area contributed by atoms with Gasteiger partial charge in [0.25, 0.3) is 0 Å². The molecule has 2 nitrogen and oxygen atoms in total. The van der Waals surface area contributed by atoms with Gasteiger partial charge >= 0.3 is 0 Å². The molecule has 0 unspecified atom stereocenters. The molecule has 0 saturated carbocycles. The van der Waals surface area contributed by atoms with Crippen molar-refractivity contribution in [2.45, 2.75) is 33.1 Å². The lowest BCUT2D eigenvalue weighted by atomic mass is 10.0. The van der Waals surface area contributed by atoms with Gasteiger partial charge in [0.2, 0.25) is 0 Å². The predicted octanol–water partition coefficient (Wildman–Crippen LogP) is 4.39. The maximum Gasteiger partial charge on any atom is 0.122 e. The quantitative estimate of drug-likeness (QED) is 0.730. The largest absolute Gasteiger partial charge is 0.492 e. The molecule has 0 spiro atoms. The highest BCUT2D eigenvalue weighted by Gasteiger charge is 2.04. The molecule has 0 atom stereocenters. The SMILES string of the molecule is Cc1ccc(C(C)C)cc1OCCNCCc1ccsc1. The smallest absolute Gasteiger partial charge is 0.122 e. The summed E-state index contributed by atoms with van der Waals surface area (Å²) in [5.41, 5.74) is 3.95. The third-order valence-corrected chi connectivity index (χ3v) is 4.32. The van der Waals surface area contributed by atoms with Crippen molar-refractivity contribution >= 4 is 11.3 Å². The fourth-order valence-corrected chi connectivity index (χ4v) is 2.86. The molecule has 2 rings (SSSR count). The predicted molar refractivity (Wildman–Crippen MR) is 91.7 cm³/mol. The summed E-state index contributed by atoms with van der Waals surface area (Å²) in [5, 5.41) is 7.77. The highest BCUT2D eigenvalue weighted by Crippen LogP contribution is 2.24. The van der Waals surface area contributed by atoms with Crippen LogP contribution in [0.2, 0.25) is 0 Å². The average Bonchev–Trinajstić information content (AvgIpc) is 2.97. The Kier molecular flexibility index (Phi) is 6.27. The van der Waals surface area contributed by atoms with Gasteiger partial charge < -0.3 is 10.1 Å². The van der Waals surface area contributed by atoms with E-state index in [0.29, 0.717) is 12.5 Å². The van der Waals surface area contributed by atoms with Crippen LogP contribution in [0, 0.1) is 6.92 Å². The Morgan fingerprint density at radius 2 is 2.05 bits per heavy atom. The summed E-state index contributed by atoms with van der Waals surface area (Å²) < 4.78 is 5.90. The molecule has 0 bridgehead atoms. The molecule has 114 valence electrons. The summed E-state index contributed by atoms with van der Waals surface area (Å²) >= 11 is 1.76. The van der Waals surface area contributed by atoms with Gasteiger partial charge in [0, 0.05) is 6.54 Å². The monoisotopic (exact) mass is 303 g/mol. The van der Waals surface area contributed by atoms with Crippen molar-refractivity contribution in [1.29, 1.82) is 0 Å². The van der Waals surface area contributed by atoms with Crippen LogP contribution in [0.4, 0.5) is 0 Å². The number of thiophene rings is 1. The number of aryl methyl sites for hydroxylation is 1. The average molecular weight is 303 g/mol. The topological polar surface area (TPSA) is 21.3 Å². The molecular formula is C18H25NOS. The Balaban J connectivity index is 1.69. The van der Waals surface area contributed by atoms with Crippen molar-refractivity contribution in [3.05, 3.63) is 51.7 Å². The standard InChI is InChI=1S/C18H25NOS/c1-14(2)17-5-4-15(3)18(12-17)20-10-9-19-8-6-16-7-11-21-13-16/h4-5,7,11-14,19H,6,8-10H2,1-3H3. The van der Waals surface area contributed by atoms with Crippen LogP contribution in [-0.2, 0) is 6.42 Å². The lowest BCUT2D eigenvalue weighted by Crippen LogP contribution is -2.23. The van der Waals surface area contributed by atoms with E-state index in [1.54, 1.807) is 11.3 Å². The lowest BCUT2D eigenvalue weighted by Gasteiger charge is -2.13. The van der Waals surface area contributed by atoms with E-state index in [4.69, 9.17) is 4.74 Å². The summed E-state index contributed by atoms with van der Waals surface area (Å²) in [6.45, 7) is 9.12. The zero-order valence-electron chi connectivity index (χ0n) is 13.2. The first-order chi connectivity index (χ1) is 10.2. The van der Waals surface area contributed by atoms with Crippen LogP contribution in [0.1, 0.15) is 36.5 Å². The van der Waals surface area contributed by atoms with E-state index in [1.807, 2.05) is 0 Å². The lowest BCUT2D eigenvalue weighted by molar-refractivity contribution is 0.312. The van der Waals surface area contributed by atoms with E-state index >= 15 is 0 Å². The molecule has 0 amide bonds. The van der Waals surface area contributed by atoms with E-state index in [0.717, 1.165) is 25.3 Å². The van der Waals surface area contributed by atoms with Crippen LogP contribution in [-0.4, -0.2) is 19.7 Å². The molecule has 0 aliphatic rings. The van der Waals surface area contributed by atoms with Crippen LogP contribution >= 0.6 is 11.3 Å². The molecule has 1 N–H and O–H groups in total. The number of hydrogen-bond acceptors (Lipinski definition) is 3. The summed E-state index contributed by atoms with van der Waals surface area (Å²) in [7, 11) is 0. The molecule has 21 heavy (non-hydrogen) atoms. The third-order valence-electron chi connectivity index (χ3n) is 3.59. The molecular weight excluding hydrogens is 278 g/mol. The van der Waals surface area contributed by atoms with Gasteiger partial charge in [0.05, 0.1) is 0 Å². The summed E-state index contributed by atoms with van der Waals surface area (Å²) in [4.78, 5) is 0. The number of hydrogen-bond donors (Lipinski definition) is 1. The Hall–Kier alpha value is -1.32. The molecule has 1 aromatic carbocycles. The van der Waals surface area contributed by atoms with Crippen molar-refractivity contribution in [2.75, 3.05) is 19.7 Å². The fourth-order valence-electron chi connectivity index (χ4n) is 2.16. The van der Waals surface area contributed by atoms with E-state index in [2.05, 4.69) is 61.1 Å². The molecule has 1 aromatic heterocycles. The van der Waals surface area contributed by atoms with Crippen molar-refractivity contribution in [1.82, 2.24) is 5.32 Å². The number of benzene rings is 1. The van der Waals surface area contributed by atoms with E-state index < -0.39 is 0 Å². The van der Waals surface area contributed by atoms with E-state index in [1.165, 1.54) is 16.7 Å². The van der Waals surface area contributed by atoms with Gasteiger partial charge in [-0.25, -0.2) is 0 Å². The van der Waals surface area contributed by atoms with Gasteiger partial charge in [-0.3, -0.25) is 0 Å². The normalized spacial score (nSPS) is 11.0. The van der Waals surface area contributed by atoms with Crippen molar-refractivity contribution in [3.8, 4) is 5.75 Å². The summed E-state index contributed by atoms with van der Waals surface area (Å²) in [6, 6.07) is 8.69. The van der Waals surface area contributed by atoms with Crippen molar-refractivity contribution < 1.29 is 4.74 Å². The van der Waals surface area contributed by atoms with Crippen LogP contribution < -0.4 is 10.1 Å². The number of rotatable bonds is 8. The van der Waals surface area contributed by atoms with Gasteiger partial charge in [0.1, 0.15) is 12.4 Å². The molecule has 0 aliphatic carbocycles. The second kappa shape index (κ2) is 8.20. The third kappa shape index (κ3) is 5.18. The molecule has 0 saturated heterocycles. The van der Waals surface area contributed by atoms with Crippen LogP contribution in [0.3, 0.4) is 0 Å². The maximum absolute atomic E-state index is 5.90. The molecule has 3 heteroatoms. The highest BCUT2D eigenvalue weighted by atomic mass is 32.1. The molecule has 0 radical (unpaired) electrons. The van der Waals surface area contributed by atoms with E-state index in [9.17, 15) is 0 Å². The molecule has 0 aliphatic heterocycles. The first kappa shape index (κ1) is 16.1. The molecule has 0 fully saturated rings. The first-order valence-electron chi connectivity index (χ1n) is 7.62. The first-order valence-corrected chi connectivity index (χ1v) is 8.56. The van der Waals surface area contributed by atoms with E-state index in [-0.39, 0.29) is 0 Å². The number of ether oxygens (including phenoxy) is 1. The Morgan fingerprint density at radius 1 is 1.19 bits per heavy atom. The Labute approximate surface area is 132 Å². The van der Waals surface area contributed by atoms with Gasteiger partial charge in [-0.1, -0.05) is 26.0 Å². The second-order valence-corrected chi connectivity index (χ2v) is 6.44. The van der Waals surface area contributed by atoms with Gasteiger partial charge in [-0.05, 0) is 65.4 Å². The van der Waals surface area contributed by atoms with Crippen molar-refractivity contribution in [3.63, 3.8) is 0 Å². The highest BCUT2D eigenvalue weighted by molar-refractivity contribution is 7.07. The van der Waals surface area contributed by atoms with Crippen LogP contribution in [0.15, 0.2) is 35.0 Å². The zero-order chi connectivity index (χ0) is 15.1. The summed E-state index contributed by atoms with van der Waals surface area (Å²) in [6.07, 6.45) is 1.09. The number of nitrogens with one attached hydrogen (secondary N) is 1. The summed E-state index contributed by atoms with van der Waals surface area (Å²) in [5.74, 6) is 1.55. The van der Waals surface area contributed by atoms with Gasteiger partial charge in [0.15, 0.2) is 0 Å².